The van der Waals surface area contributed by atoms with Crippen LogP contribution in [0.15, 0.2) is 23.1 Å². The molecule has 4 nitrogen and oxygen atoms in total. The predicted molar refractivity (Wildman–Crippen MR) is 70.6 cm³/mol. The number of rotatable bonds is 3. The fourth-order valence-corrected chi connectivity index (χ4v) is 2.49. The van der Waals surface area contributed by atoms with Gasteiger partial charge in [-0.25, -0.2) is 0 Å². The van der Waals surface area contributed by atoms with Gasteiger partial charge in [-0.3, -0.25) is 9.59 Å². The number of nitrogens with one attached hydrogen (secondary N) is 1. The monoisotopic (exact) mass is 248 g/mol. The van der Waals surface area contributed by atoms with Crippen LogP contribution in [0.25, 0.3) is 0 Å². The first-order valence-electron chi connectivity index (χ1n) is 6.45. The maximum absolute atomic E-state index is 11.9. The molecule has 0 aromatic carbocycles. The Bertz CT molecular complexity index is 499. The van der Waals surface area contributed by atoms with Gasteiger partial charge in [-0.15, -0.1) is 0 Å². The van der Waals surface area contributed by atoms with Crippen LogP contribution in [0.4, 0.5) is 0 Å². The Labute approximate surface area is 107 Å². The minimum Gasteiger partial charge on any atom is -0.351 e. The maximum atomic E-state index is 11.9. The van der Waals surface area contributed by atoms with Crippen molar-refractivity contribution in [3.63, 3.8) is 0 Å². The molecule has 0 unspecified atom stereocenters. The Morgan fingerprint density at radius 2 is 2.11 bits per heavy atom. The fraction of sp³-hybridized carbons (Fsp3) is 0.571. The lowest BCUT2D eigenvalue weighted by molar-refractivity contribution is 0.0934. The first-order chi connectivity index (χ1) is 8.50. The normalized spacial score (nSPS) is 17.7. The van der Waals surface area contributed by atoms with E-state index in [9.17, 15) is 9.59 Å². The predicted octanol–water partition coefficient (Wildman–Crippen LogP) is 1.70. The SMILES string of the molecule is Cn1ccc(C(=O)NCC2(C)CCCC2)cc1=O. The Morgan fingerprint density at radius 1 is 1.44 bits per heavy atom. The fourth-order valence-electron chi connectivity index (χ4n) is 2.49. The number of amides is 1. The van der Waals surface area contributed by atoms with Gasteiger partial charge in [0.2, 0.25) is 0 Å². The molecule has 0 bridgehead atoms. The molecule has 0 radical (unpaired) electrons. The van der Waals surface area contributed by atoms with E-state index in [1.165, 1.54) is 36.3 Å². The van der Waals surface area contributed by atoms with Gasteiger partial charge >= 0.3 is 0 Å². The van der Waals surface area contributed by atoms with E-state index in [2.05, 4.69) is 12.2 Å². The number of pyridine rings is 1. The van der Waals surface area contributed by atoms with Crippen molar-refractivity contribution in [2.24, 2.45) is 12.5 Å². The molecule has 1 saturated carbocycles. The molecule has 1 aromatic rings. The minimum atomic E-state index is -0.158. The van der Waals surface area contributed by atoms with Crippen molar-refractivity contribution in [1.82, 2.24) is 9.88 Å². The molecular formula is C14H20N2O2. The molecular weight excluding hydrogens is 228 g/mol. The van der Waals surface area contributed by atoms with Crippen LogP contribution >= 0.6 is 0 Å². The lowest BCUT2D eigenvalue weighted by Crippen LogP contribution is -2.34. The summed E-state index contributed by atoms with van der Waals surface area (Å²) in [6, 6.07) is 3.06. The molecule has 18 heavy (non-hydrogen) atoms. The van der Waals surface area contributed by atoms with Crippen molar-refractivity contribution in [2.45, 2.75) is 32.6 Å². The van der Waals surface area contributed by atoms with Crippen molar-refractivity contribution < 1.29 is 4.79 Å². The Balaban J connectivity index is 1.99. The molecule has 98 valence electrons. The van der Waals surface area contributed by atoms with Crippen LogP contribution in [0.5, 0.6) is 0 Å². The van der Waals surface area contributed by atoms with Crippen LogP contribution in [0.1, 0.15) is 43.0 Å². The van der Waals surface area contributed by atoms with Gasteiger partial charge in [0.25, 0.3) is 11.5 Å². The summed E-state index contributed by atoms with van der Waals surface area (Å²) in [6.07, 6.45) is 6.46. The van der Waals surface area contributed by atoms with E-state index in [-0.39, 0.29) is 16.9 Å². The Kier molecular flexibility index (Phi) is 3.55. The summed E-state index contributed by atoms with van der Waals surface area (Å²) < 4.78 is 1.45. The summed E-state index contributed by atoms with van der Waals surface area (Å²) in [7, 11) is 1.67. The quantitative estimate of drug-likeness (QED) is 0.885. The van der Waals surface area contributed by atoms with E-state index in [1.54, 1.807) is 19.3 Å². The molecule has 2 rings (SSSR count). The number of hydrogen-bond donors (Lipinski definition) is 1. The molecule has 4 heteroatoms. The average Bonchev–Trinajstić information content (AvgIpc) is 2.77. The molecule has 1 heterocycles. The summed E-state index contributed by atoms with van der Waals surface area (Å²) in [5, 5.41) is 2.94. The minimum absolute atomic E-state index is 0.152. The summed E-state index contributed by atoms with van der Waals surface area (Å²) in [5.74, 6) is -0.152. The van der Waals surface area contributed by atoms with E-state index >= 15 is 0 Å². The molecule has 1 aliphatic carbocycles. The Morgan fingerprint density at radius 3 is 2.72 bits per heavy atom. The summed E-state index contributed by atoms with van der Waals surface area (Å²) in [4.78, 5) is 23.4. The molecule has 1 aromatic heterocycles. The van der Waals surface area contributed by atoms with Gasteiger partial charge in [0.05, 0.1) is 0 Å². The highest BCUT2D eigenvalue weighted by molar-refractivity contribution is 5.93. The number of aryl methyl sites for hydroxylation is 1. The topological polar surface area (TPSA) is 51.1 Å². The number of nitrogens with zero attached hydrogens (tertiary/aromatic N) is 1. The molecule has 1 aliphatic rings. The first kappa shape index (κ1) is 12.9. The van der Waals surface area contributed by atoms with E-state index < -0.39 is 0 Å². The number of aromatic nitrogens is 1. The van der Waals surface area contributed by atoms with Crippen molar-refractivity contribution in [3.8, 4) is 0 Å². The van der Waals surface area contributed by atoms with Crippen LogP contribution in [0, 0.1) is 5.41 Å². The zero-order valence-corrected chi connectivity index (χ0v) is 11.0. The highest BCUT2D eigenvalue weighted by atomic mass is 16.2. The second kappa shape index (κ2) is 4.96. The zero-order valence-electron chi connectivity index (χ0n) is 11.0. The van der Waals surface area contributed by atoms with E-state index in [0.29, 0.717) is 12.1 Å². The average molecular weight is 248 g/mol. The van der Waals surface area contributed by atoms with Crippen molar-refractivity contribution in [3.05, 3.63) is 34.2 Å². The van der Waals surface area contributed by atoms with Gasteiger partial charge in [0.1, 0.15) is 0 Å². The molecule has 0 atom stereocenters. The zero-order chi connectivity index (χ0) is 13.2. The maximum Gasteiger partial charge on any atom is 0.251 e. The molecule has 0 spiro atoms. The smallest absolute Gasteiger partial charge is 0.251 e. The van der Waals surface area contributed by atoms with Crippen LogP contribution in [0.3, 0.4) is 0 Å². The van der Waals surface area contributed by atoms with Gasteiger partial charge in [0, 0.05) is 31.4 Å². The van der Waals surface area contributed by atoms with Crippen LogP contribution < -0.4 is 10.9 Å². The van der Waals surface area contributed by atoms with Crippen molar-refractivity contribution in [2.75, 3.05) is 6.54 Å². The number of hydrogen-bond acceptors (Lipinski definition) is 2. The second-order valence-corrected chi connectivity index (χ2v) is 5.57. The molecule has 1 fully saturated rings. The second-order valence-electron chi connectivity index (χ2n) is 5.57. The summed E-state index contributed by atoms with van der Waals surface area (Å²) >= 11 is 0. The molecule has 0 saturated heterocycles. The lowest BCUT2D eigenvalue weighted by Gasteiger charge is -2.23. The molecule has 0 aliphatic heterocycles. The van der Waals surface area contributed by atoms with E-state index in [1.807, 2.05) is 0 Å². The number of carbonyl (C=O) groups is 1. The van der Waals surface area contributed by atoms with Gasteiger partial charge < -0.3 is 9.88 Å². The van der Waals surface area contributed by atoms with Crippen LogP contribution in [-0.4, -0.2) is 17.0 Å². The van der Waals surface area contributed by atoms with Gasteiger partial charge in [-0.05, 0) is 24.3 Å². The van der Waals surface area contributed by atoms with Gasteiger partial charge in [0.15, 0.2) is 0 Å². The highest BCUT2D eigenvalue weighted by Crippen LogP contribution is 2.36. The van der Waals surface area contributed by atoms with Crippen molar-refractivity contribution >= 4 is 5.91 Å². The van der Waals surface area contributed by atoms with Crippen LogP contribution in [0.2, 0.25) is 0 Å². The first-order valence-corrected chi connectivity index (χ1v) is 6.45. The van der Waals surface area contributed by atoms with Gasteiger partial charge in [-0.1, -0.05) is 19.8 Å². The third-order valence-electron chi connectivity index (χ3n) is 3.85. The van der Waals surface area contributed by atoms with Gasteiger partial charge in [-0.2, -0.15) is 0 Å². The van der Waals surface area contributed by atoms with Crippen LogP contribution in [-0.2, 0) is 7.05 Å². The highest BCUT2D eigenvalue weighted by Gasteiger charge is 2.28. The van der Waals surface area contributed by atoms with Crippen molar-refractivity contribution in [1.29, 1.82) is 0 Å². The Hall–Kier alpha value is -1.58. The molecule has 1 N–H and O–H groups in total. The van der Waals surface area contributed by atoms with E-state index in [4.69, 9.17) is 0 Å². The largest absolute Gasteiger partial charge is 0.351 e. The lowest BCUT2D eigenvalue weighted by atomic mass is 9.89. The summed E-state index contributed by atoms with van der Waals surface area (Å²) in [6.45, 7) is 2.91. The standard InChI is InChI=1S/C14H20N2O2/c1-14(6-3-4-7-14)10-15-13(18)11-5-8-16(2)12(17)9-11/h5,8-9H,3-4,6-7,10H2,1-2H3,(H,15,18). The number of carbonyl (C=O) groups excluding carboxylic acids is 1. The van der Waals surface area contributed by atoms with E-state index in [0.717, 1.165) is 0 Å². The third kappa shape index (κ3) is 2.81. The molecule has 1 amide bonds. The summed E-state index contributed by atoms with van der Waals surface area (Å²) in [5.41, 5.74) is 0.518. The third-order valence-corrected chi connectivity index (χ3v) is 3.85.